The molecule has 9 nitrogen and oxygen atoms in total. The van der Waals surface area contributed by atoms with Crippen molar-refractivity contribution < 1.29 is 4.79 Å². The van der Waals surface area contributed by atoms with Crippen LogP contribution in [0, 0.1) is 0 Å². The quantitative estimate of drug-likeness (QED) is 0.271. The molecule has 0 fully saturated rings. The number of ketones is 1. The highest BCUT2D eigenvalue weighted by Crippen LogP contribution is 2.29. The fourth-order valence-electron chi connectivity index (χ4n) is 3.74. The van der Waals surface area contributed by atoms with Crippen molar-refractivity contribution in [2.45, 2.75) is 58.9 Å². The monoisotopic (exact) mass is 444 g/mol. The van der Waals surface area contributed by atoms with E-state index in [1.165, 1.54) is 0 Å². The molecule has 0 aliphatic heterocycles. The number of hydrogen-bond donors (Lipinski definition) is 1. The number of unbranched alkanes of at least 4 members (excludes halogenated alkanes) is 2. The minimum atomic E-state index is 0.00928. The van der Waals surface area contributed by atoms with Gasteiger partial charge in [0.05, 0.1) is 0 Å². The van der Waals surface area contributed by atoms with Crippen molar-refractivity contribution in [3.8, 4) is 22.5 Å². The summed E-state index contributed by atoms with van der Waals surface area (Å²) in [6.45, 7) is 4.94. The van der Waals surface area contributed by atoms with Crippen LogP contribution in [0.3, 0.4) is 0 Å². The van der Waals surface area contributed by atoms with Crippen molar-refractivity contribution in [1.82, 2.24) is 40.4 Å². The number of Topliss-reactive ketones (excluding diaryl/α,β-unsaturated/α-hetero) is 1. The summed E-state index contributed by atoms with van der Waals surface area (Å²) in [5.41, 5.74) is 3.93. The Kier molecular flexibility index (Phi) is 7.29. The molecule has 0 atom stereocenters. The number of aryl methyl sites for hydroxylation is 1. The Morgan fingerprint density at radius 1 is 1.03 bits per heavy atom. The molecule has 9 heteroatoms. The number of hydrogen-bond acceptors (Lipinski definition) is 7. The molecule has 0 amide bonds. The summed E-state index contributed by atoms with van der Waals surface area (Å²) >= 11 is 0. The third-order valence-electron chi connectivity index (χ3n) is 5.48. The van der Waals surface area contributed by atoms with Crippen molar-refractivity contribution in [1.29, 1.82) is 0 Å². The average Bonchev–Trinajstić information content (AvgIpc) is 3.51. The topological polar surface area (TPSA) is 115 Å². The lowest BCUT2D eigenvalue weighted by atomic mass is 9.99. The van der Waals surface area contributed by atoms with E-state index in [0.717, 1.165) is 60.3 Å². The van der Waals surface area contributed by atoms with Gasteiger partial charge in [0.25, 0.3) is 0 Å². The minimum absolute atomic E-state index is 0.00928. The maximum Gasteiger partial charge on any atom is 0.217 e. The van der Waals surface area contributed by atoms with E-state index in [9.17, 15) is 4.79 Å². The molecule has 0 radical (unpaired) electrons. The zero-order chi connectivity index (χ0) is 23.0. The first kappa shape index (κ1) is 22.4. The second-order valence-electron chi connectivity index (χ2n) is 7.99. The summed E-state index contributed by atoms with van der Waals surface area (Å²) in [4.78, 5) is 21.2. The second kappa shape index (κ2) is 10.7. The van der Waals surface area contributed by atoms with Gasteiger partial charge in [-0.05, 0) is 40.8 Å². The fourth-order valence-corrected chi connectivity index (χ4v) is 3.74. The molecule has 0 saturated heterocycles. The van der Waals surface area contributed by atoms with E-state index in [4.69, 9.17) is 0 Å². The molecule has 1 aromatic carbocycles. The van der Waals surface area contributed by atoms with Crippen molar-refractivity contribution in [2.24, 2.45) is 0 Å². The molecule has 3 heterocycles. The van der Waals surface area contributed by atoms with Crippen molar-refractivity contribution in [2.75, 3.05) is 0 Å². The summed E-state index contributed by atoms with van der Waals surface area (Å²) in [5.74, 6) is 1.68. The summed E-state index contributed by atoms with van der Waals surface area (Å²) in [6, 6.07) is 10.2. The van der Waals surface area contributed by atoms with Gasteiger partial charge >= 0.3 is 0 Å². The maximum absolute atomic E-state index is 12.4. The maximum atomic E-state index is 12.4. The van der Waals surface area contributed by atoms with E-state index in [1.54, 1.807) is 12.4 Å². The number of nitrogens with zero attached hydrogens (tertiary/aromatic N) is 7. The predicted octanol–water partition coefficient (Wildman–Crippen LogP) is 4.28. The van der Waals surface area contributed by atoms with E-state index in [0.29, 0.717) is 24.5 Å². The predicted molar refractivity (Wildman–Crippen MR) is 124 cm³/mol. The van der Waals surface area contributed by atoms with Crippen LogP contribution in [-0.4, -0.2) is 46.2 Å². The van der Waals surface area contributed by atoms with Crippen LogP contribution in [0.25, 0.3) is 22.5 Å². The van der Waals surface area contributed by atoms with Crippen molar-refractivity contribution in [3.05, 3.63) is 59.9 Å². The molecular weight excluding hydrogens is 416 g/mol. The molecule has 0 unspecified atom stereocenters. The number of rotatable bonds is 11. The van der Waals surface area contributed by atoms with Gasteiger partial charge < -0.3 is 0 Å². The largest absolute Gasteiger partial charge is 0.291 e. The molecule has 0 saturated carbocycles. The third kappa shape index (κ3) is 5.36. The highest BCUT2D eigenvalue weighted by atomic mass is 16.1. The smallest absolute Gasteiger partial charge is 0.217 e. The van der Waals surface area contributed by atoms with Crippen LogP contribution in [0.1, 0.15) is 68.0 Å². The number of benzene rings is 1. The van der Waals surface area contributed by atoms with Gasteiger partial charge in [-0.2, -0.15) is 5.21 Å². The van der Waals surface area contributed by atoms with Crippen LogP contribution >= 0.6 is 0 Å². The lowest BCUT2D eigenvalue weighted by Crippen LogP contribution is -2.07. The Morgan fingerprint density at radius 3 is 2.61 bits per heavy atom. The number of aromatic amines is 1. The average molecular weight is 445 g/mol. The molecule has 4 rings (SSSR count). The van der Waals surface area contributed by atoms with Gasteiger partial charge in [0.2, 0.25) is 17.4 Å². The third-order valence-corrected chi connectivity index (χ3v) is 5.48. The Morgan fingerprint density at radius 2 is 1.88 bits per heavy atom. The first-order valence-corrected chi connectivity index (χ1v) is 11.4. The van der Waals surface area contributed by atoms with Gasteiger partial charge in [-0.1, -0.05) is 51.0 Å². The van der Waals surface area contributed by atoms with E-state index < -0.39 is 0 Å². The number of H-pyrrole nitrogens is 1. The molecular formula is C24H28N8O. The summed E-state index contributed by atoms with van der Waals surface area (Å²) in [6.07, 6.45) is 8.65. The van der Waals surface area contributed by atoms with Gasteiger partial charge in [-0.25, -0.2) is 9.67 Å². The summed E-state index contributed by atoms with van der Waals surface area (Å²) < 4.78 is 1.91. The van der Waals surface area contributed by atoms with Crippen LogP contribution < -0.4 is 0 Å². The fraction of sp³-hybridized carbons (Fsp3) is 0.375. The number of aromatic nitrogens is 8. The van der Waals surface area contributed by atoms with Crippen LogP contribution in [0.5, 0.6) is 0 Å². The second-order valence-corrected chi connectivity index (χ2v) is 7.99. The molecule has 1 N–H and O–H groups in total. The van der Waals surface area contributed by atoms with Gasteiger partial charge in [-0.15, -0.1) is 15.3 Å². The van der Waals surface area contributed by atoms with Gasteiger partial charge in [-0.3, -0.25) is 9.78 Å². The number of tetrazole rings is 1. The van der Waals surface area contributed by atoms with Crippen LogP contribution in [0.15, 0.2) is 42.7 Å². The van der Waals surface area contributed by atoms with Gasteiger partial charge in [0.15, 0.2) is 0 Å². The lowest BCUT2D eigenvalue weighted by molar-refractivity contribution is 0.0971. The number of nitrogens with one attached hydrogen (secondary N) is 1. The Balaban J connectivity index is 1.56. The zero-order valence-electron chi connectivity index (χ0n) is 19.0. The number of pyridine rings is 1. The molecule has 4 aromatic rings. The highest BCUT2D eigenvalue weighted by molar-refractivity contribution is 5.92. The molecule has 33 heavy (non-hydrogen) atoms. The Bertz CT molecular complexity index is 1180. The molecule has 170 valence electrons. The van der Waals surface area contributed by atoms with Crippen molar-refractivity contribution in [3.63, 3.8) is 0 Å². The number of carbonyl (C=O) groups excluding carboxylic acids is 1. The minimum Gasteiger partial charge on any atom is -0.291 e. The van der Waals surface area contributed by atoms with E-state index >= 15 is 0 Å². The van der Waals surface area contributed by atoms with Gasteiger partial charge in [0, 0.05) is 37.3 Å². The molecule has 3 aromatic heterocycles. The standard InChI is InChI=1S/C24H28N8O/c1-3-5-6-14-32-22(26-24(29-32)21(33)7-4-2)15-17-8-10-18(11-9-17)19-12-13-25-16-20(19)23-27-30-31-28-23/h8-13,16H,3-7,14-15H2,1-2H3,(H,27,28,30,31). The zero-order valence-corrected chi connectivity index (χ0v) is 19.0. The summed E-state index contributed by atoms with van der Waals surface area (Å²) in [5, 5.41) is 18.8. The Hall–Kier alpha value is -3.75. The molecule has 0 bridgehead atoms. The van der Waals surface area contributed by atoms with E-state index in [1.807, 2.05) is 17.7 Å². The SMILES string of the molecule is CCCCCn1nc(C(=O)CCC)nc1Cc1ccc(-c2ccncc2-c2nn[nH]n2)cc1. The Labute approximate surface area is 192 Å². The first-order chi connectivity index (χ1) is 16.2. The normalized spacial score (nSPS) is 11.1. The molecule has 0 aliphatic carbocycles. The number of carbonyl (C=O) groups is 1. The van der Waals surface area contributed by atoms with Crippen molar-refractivity contribution >= 4 is 5.78 Å². The lowest BCUT2D eigenvalue weighted by Gasteiger charge is -2.08. The molecule has 0 spiro atoms. The van der Waals surface area contributed by atoms with Gasteiger partial charge in [0.1, 0.15) is 5.82 Å². The van der Waals surface area contributed by atoms with Crippen LogP contribution in [0.2, 0.25) is 0 Å². The van der Waals surface area contributed by atoms with Crippen LogP contribution in [-0.2, 0) is 13.0 Å². The van der Waals surface area contributed by atoms with E-state index in [2.05, 4.69) is 66.9 Å². The highest BCUT2D eigenvalue weighted by Gasteiger charge is 2.16. The van der Waals surface area contributed by atoms with Crippen LogP contribution in [0.4, 0.5) is 0 Å². The molecule has 0 aliphatic rings. The first-order valence-electron chi connectivity index (χ1n) is 11.4. The van der Waals surface area contributed by atoms with E-state index in [-0.39, 0.29) is 5.78 Å². The summed E-state index contributed by atoms with van der Waals surface area (Å²) in [7, 11) is 0.